The zero-order chi connectivity index (χ0) is 18.5. The Bertz CT molecular complexity index is 484. The average Bonchev–Trinajstić information content (AvgIpc) is 2.63. The highest BCUT2D eigenvalue weighted by Gasteiger charge is 2.35. The van der Waals surface area contributed by atoms with E-state index in [1.54, 1.807) is 0 Å². The second-order valence-corrected chi connectivity index (χ2v) is 9.03. The molecular formula is C21H37N3O2. The summed E-state index contributed by atoms with van der Waals surface area (Å²) in [5, 5.41) is 3.08. The first kappa shape index (κ1) is 19.5. The van der Waals surface area contributed by atoms with Crippen LogP contribution in [0.15, 0.2) is 0 Å². The third kappa shape index (κ3) is 4.92. The highest BCUT2D eigenvalue weighted by Crippen LogP contribution is 2.35. The van der Waals surface area contributed by atoms with E-state index in [4.69, 9.17) is 0 Å². The first-order valence-electron chi connectivity index (χ1n) is 10.9. The number of carbonyl (C=O) groups is 2. The van der Waals surface area contributed by atoms with Crippen LogP contribution in [0, 0.1) is 17.8 Å². The lowest BCUT2D eigenvalue weighted by Gasteiger charge is -2.44. The van der Waals surface area contributed by atoms with Crippen molar-refractivity contribution in [3.05, 3.63) is 0 Å². The van der Waals surface area contributed by atoms with E-state index in [0.29, 0.717) is 36.8 Å². The van der Waals surface area contributed by atoms with Gasteiger partial charge in [-0.2, -0.15) is 0 Å². The van der Waals surface area contributed by atoms with Crippen LogP contribution in [0.2, 0.25) is 0 Å². The van der Waals surface area contributed by atoms with E-state index in [0.717, 1.165) is 32.5 Å². The van der Waals surface area contributed by atoms with Crippen LogP contribution in [0.3, 0.4) is 0 Å². The molecular weight excluding hydrogens is 326 g/mol. The van der Waals surface area contributed by atoms with Crippen LogP contribution in [0.25, 0.3) is 0 Å². The SMILES string of the molecule is CC1CC(C)CN(C(=O)CCCNC(=O)N2CCCC3CCCCC32)C1. The number of hydrogen-bond donors (Lipinski definition) is 1. The molecule has 0 spiro atoms. The molecule has 2 aliphatic heterocycles. The van der Waals surface area contributed by atoms with Gasteiger partial charge in [0.05, 0.1) is 0 Å². The molecule has 1 N–H and O–H groups in total. The molecule has 4 unspecified atom stereocenters. The maximum Gasteiger partial charge on any atom is 0.317 e. The zero-order valence-electron chi connectivity index (χ0n) is 16.7. The molecule has 3 rings (SSSR count). The van der Waals surface area contributed by atoms with Gasteiger partial charge < -0.3 is 15.1 Å². The summed E-state index contributed by atoms with van der Waals surface area (Å²) in [6.45, 7) is 7.76. The molecule has 5 nitrogen and oxygen atoms in total. The third-order valence-electron chi connectivity index (χ3n) is 6.57. The van der Waals surface area contributed by atoms with Crippen molar-refractivity contribution >= 4 is 11.9 Å². The van der Waals surface area contributed by atoms with Gasteiger partial charge in [-0.3, -0.25) is 4.79 Å². The fraction of sp³-hybridized carbons (Fsp3) is 0.905. The summed E-state index contributed by atoms with van der Waals surface area (Å²) in [5.41, 5.74) is 0. The van der Waals surface area contributed by atoms with Gasteiger partial charge in [0.2, 0.25) is 5.91 Å². The van der Waals surface area contributed by atoms with Crippen molar-refractivity contribution in [2.24, 2.45) is 17.8 Å². The summed E-state index contributed by atoms with van der Waals surface area (Å²) in [5.74, 6) is 2.17. The quantitative estimate of drug-likeness (QED) is 0.776. The molecule has 1 aliphatic carbocycles. The van der Waals surface area contributed by atoms with E-state index >= 15 is 0 Å². The monoisotopic (exact) mass is 363 g/mol. The van der Waals surface area contributed by atoms with Crippen molar-refractivity contribution in [3.63, 3.8) is 0 Å². The first-order valence-corrected chi connectivity index (χ1v) is 10.9. The fourth-order valence-corrected chi connectivity index (χ4v) is 5.44. The summed E-state index contributed by atoms with van der Waals surface area (Å²) >= 11 is 0. The molecule has 26 heavy (non-hydrogen) atoms. The summed E-state index contributed by atoms with van der Waals surface area (Å²) in [7, 11) is 0. The number of rotatable bonds is 4. The molecule has 0 radical (unpaired) electrons. The normalized spacial score (nSPS) is 32.1. The van der Waals surface area contributed by atoms with Gasteiger partial charge in [0.1, 0.15) is 0 Å². The predicted octanol–water partition coefficient (Wildman–Crippen LogP) is 3.64. The maximum atomic E-state index is 12.6. The number of hydrogen-bond acceptors (Lipinski definition) is 2. The number of fused-ring (bicyclic) bond motifs is 1. The van der Waals surface area contributed by atoms with E-state index in [-0.39, 0.29) is 11.9 Å². The van der Waals surface area contributed by atoms with E-state index in [1.165, 1.54) is 38.5 Å². The molecule has 3 aliphatic rings. The van der Waals surface area contributed by atoms with Gasteiger partial charge in [-0.15, -0.1) is 0 Å². The molecule has 0 bridgehead atoms. The minimum Gasteiger partial charge on any atom is -0.342 e. The van der Waals surface area contributed by atoms with E-state index in [9.17, 15) is 9.59 Å². The molecule has 0 aromatic carbocycles. The van der Waals surface area contributed by atoms with Crippen molar-refractivity contribution in [3.8, 4) is 0 Å². The van der Waals surface area contributed by atoms with Crippen LogP contribution in [0.4, 0.5) is 4.79 Å². The summed E-state index contributed by atoms with van der Waals surface area (Å²) in [6, 6.07) is 0.546. The maximum absolute atomic E-state index is 12.6. The number of nitrogens with one attached hydrogen (secondary N) is 1. The van der Waals surface area contributed by atoms with Crippen LogP contribution in [-0.2, 0) is 4.79 Å². The van der Waals surface area contributed by atoms with Gasteiger partial charge in [0, 0.05) is 38.6 Å². The Balaban J connectivity index is 1.37. The molecule has 148 valence electrons. The van der Waals surface area contributed by atoms with Crippen molar-refractivity contribution in [1.29, 1.82) is 0 Å². The lowest BCUT2D eigenvalue weighted by atomic mass is 9.78. The molecule has 5 heteroatoms. The first-order chi connectivity index (χ1) is 12.5. The second-order valence-electron chi connectivity index (χ2n) is 9.03. The number of nitrogens with zero attached hydrogens (tertiary/aromatic N) is 2. The summed E-state index contributed by atoms with van der Waals surface area (Å²) < 4.78 is 0. The Labute approximate surface area is 158 Å². The Kier molecular flexibility index (Phi) is 6.82. The third-order valence-corrected chi connectivity index (χ3v) is 6.57. The lowest BCUT2D eigenvalue weighted by molar-refractivity contribution is -0.133. The fourth-order valence-electron chi connectivity index (χ4n) is 5.44. The Morgan fingerprint density at radius 2 is 1.69 bits per heavy atom. The van der Waals surface area contributed by atoms with E-state index in [2.05, 4.69) is 24.1 Å². The van der Waals surface area contributed by atoms with Crippen molar-refractivity contribution in [2.75, 3.05) is 26.2 Å². The van der Waals surface area contributed by atoms with Gasteiger partial charge >= 0.3 is 6.03 Å². The standard InChI is InChI=1S/C21H37N3O2/c1-16-13-17(2)15-23(14-16)20(25)10-5-11-22-21(26)24-12-6-8-18-7-3-4-9-19(18)24/h16-19H,3-15H2,1-2H3,(H,22,26). The van der Waals surface area contributed by atoms with Gasteiger partial charge in [-0.25, -0.2) is 4.79 Å². The minimum absolute atomic E-state index is 0.0919. The topological polar surface area (TPSA) is 52.7 Å². The van der Waals surface area contributed by atoms with Gasteiger partial charge in [0.25, 0.3) is 0 Å². The van der Waals surface area contributed by atoms with Crippen LogP contribution < -0.4 is 5.32 Å². The summed E-state index contributed by atoms with van der Waals surface area (Å²) in [6.07, 6.45) is 9.97. The van der Waals surface area contributed by atoms with E-state index in [1.807, 2.05) is 4.90 Å². The highest BCUT2D eigenvalue weighted by molar-refractivity contribution is 5.77. The molecule has 1 saturated carbocycles. The average molecular weight is 364 g/mol. The second kappa shape index (κ2) is 9.09. The summed E-state index contributed by atoms with van der Waals surface area (Å²) in [4.78, 5) is 29.1. The number of carbonyl (C=O) groups excluding carboxylic acids is 2. The number of piperidine rings is 2. The van der Waals surface area contributed by atoms with Crippen molar-refractivity contribution in [1.82, 2.24) is 15.1 Å². The Morgan fingerprint density at radius 1 is 1.00 bits per heavy atom. The molecule has 0 aromatic heterocycles. The largest absolute Gasteiger partial charge is 0.342 e. The van der Waals surface area contributed by atoms with Crippen LogP contribution in [0.5, 0.6) is 0 Å². The van der Waals surface area contributed by atoms with Crippen LogP contribution >= 0.6 is 0 Å². The highest BCUT2D eigenvalue weighted by atomic mass is 16.2. The van der Waals surface area contributed by atoms with Gasteiger partial charge in [0.15, 0.2) is 0 Å². The van der Waals surface area contributed by atoms with Crippen LogP contribution in [0.1, 0.15) is 71.6 Å². The molecule has 3 amide bonds. The van der Waals surface area contributed by atoms with Crippen LogP contribution in [-0.4, -0.2) is 54.0 Å². The number of amides is 3. The molecule has 2 saturated heterocycles. The van der Waals surface area contributed by atoms with E-state index < -0.39 is 0 Å². The predicted molar refractivity (Wildman–Crippen MR) is 104 cm³/mol. The molecule has 4 atom stereocenters. The Morgan fingerprint density at radius 3 is 2.46 bits per heavy atom. The van der Waals surface area contributed by atoms with Gasteiger partial charge in [-0.05, 0) is 56.3 Å². The lowest BCUT2D eigenvalue weighted by Crippen LogP contribution is -2.53. The Hall–Kier alpha value is -1.26. The minimum atomic E-state index is 0.0919. The number of urea groups is 1. The molecule has 3 fully saturated rings. The van der Waals surface area contributed by atoms with Crippen molar-refractivity contribution in [2.45, 2.75) is 77.7 Å². The zero-order valence-corrected chi connectivity index (χ0v) is 16.7. The number of likely N-dealkylation sites (tertiary alicyclic amines) is 2. The van der Waals surface area contributed by atoms with Crippen molar-refractivity contribution < 1.29 is 9.59 Å². The molecule has 2 heterocycles. The smallest absolute Gasteiger partial charge is 0.317 e. The van der Waals surface area contributed by atoms with Gasteiger partial charge in [-0.1, -0.05) is 26.7 Å². The molecule has 0 aromatic rings.